The van der Waals surface area contributed by atoms with Gasteiger partial charge in [-0.25, -0.2) is 0 Å². The van der Waals surface area contributed by atoms with Crippen molar-refractivity contribution >= 4 is 50.7 Å². The van der Waals surface area contributed by atoms with Crippen LogP contribution in [0.25, 0.3) is 0 Å². The van der Waals surface area contributed by atoms with Crippen LogP contribution in [0.3, 0.4) is 0 Å². The first kappa shape index (κ1) is 21.4. The first-order valence-corrected chi connectivity index (χ1v) is 4.58. The maximum absolute atomic E-state index is 8.25. The van der Waals surface area contributed by atoms with E-state index in [0.717, 1.165) is 12.8 Å². The quantitative estimate of drug-likeness (QED) is 0.429. The summed E-state index contributed by atoms with van der Waals surface area (Å²) < 4.78 is 0. The van der Waals surface area contributed by atoms with Crippen molar-refractivity contribution in [2.75, 3.05) is 0 Å². The third-order valence-electron chi connectivity index (χ3n) is 1.31. The molecule has 0 bridgehead atoms. The third kappa shape index (κ3) is 31.3. The molecule has 0 unspecified atom stereocenters. The van der Waals surface area contributed by atoms with E-state index >= 15 is 0 Å². The summed E-state index contributed by atoms with van der Waals surface area (Å²) in [7, 11) is 0. The molecule has 17 heavy (non-hydrogen) atoms. The van der Waals surface area contributed by atoms with Gasteiger partial charge in [0, 0.05) is 12.9 Å². The summed E-state index contributed by atoms with van der Waals surface area (Å²) in [6.07, 6.45) is 19.0. The zero-order valence-electron chi connectivity index (χ0n) is 9.53. The molecule has 0 aliphatic heterocycles. The Hall–Kier alpha value is -0.840. The molecule has 0 saturated heterocycles. The fraction of sp³-hybridized carbons (Fsp3) is 0.167. The maximum Gasteiger partial charge on any atom is 2.00 e. The van der Waals surface area contributed by atoms with Gasteiger partial charge in [0.2, 0.25) is 0 Å². The van der Waals surface area contributed by atoms with Crippen LogP contribution in [0.5, 0.6) is 0 Å². The molecule has 2 rings (SSSR count). The maximum atomic E-state index is 8.25. The largest absolute Gasteiger partial charge is 2.00 e. The molecule has 0 fully saturated rings. The fourth-order valence-electron chi connectivity index (χ4n) is 0.786. The van der Waals surface area contributed by atoms with E-state index in [1.807, 2.05) is 0 Å². The van der Waals surface area contributed by atoms with Crippen LogP contribution in [0.1, 0.15) is 12.8 Å². The Balaban J connectivity index is -0.000000157. The molecule has 0 saturated carbocycles. The summed E-state index contributed by atoms with van der Waals surface area (Å²) in [5.74, 6) is 0. The number of hydrogen-bond donors (Lipinski definition) is 0. The molecule has 0 aromatic rings. The van der Waals surface area contributed by atoms with E-state index in [4.69, 9.17) is 19.8 Å². The van der Waals surface area contributed by atoms with Crippen LogP contribution in [-0.2, 0) is 9.59 Å². The second-order valence-electron chi connectivity index (χ2n) is 2.38. The van der Waals surface area contributed by atoms with Crippen molar-refractivity contribution in [3.63, 3.8) is 0 Å². The Labute approximate surface area is 131 Å². The summed E-state index contributed by atoms with van der Waals surface area (Å²) in [6.45, 7) is -1.00. The Morgan fingerprint density at radius 1 is 0.706 bits per heavy atom. The van der Waals surface area contributed by atoms with Crippen LogP contribution in [-0.4, -0.2) is 50.7 Å². The molecule has 2 aliphatic carbocycles. The van der Waals surface area contributed by atoms with Crippen LogP contribution in [0.4, 0.5) is 0 Å². The van der Waals surface area contributed by atoms with Gasteiger partial charge in [0.1, 0.15) is 0 Å². The summed E-state index contributed by atoms with van der Waals surface area (Å²) in [4.78, 5) is 16.5. The van der Waals surface area contributed by atoms with Gasteiger partial charge in [0.15, 0.2) is 0 Å². The van der Waals surface area contributed by atoms with Gasteiger partial charge in [-0.3, -0.25) is 0 Å². The minimum atomic E-state index is -0.500. The summed E-state index contributed by atoms with van der Waals surface area (Å²) in [5.41, 5.74) is 0. The van der Waals surface area contributed by atoms with Gasteiger partial charge in [-0.1, -0.05) is 48.6 Å². The van der Waals surface area contributed by atoms with Gasteiger partial charge in [0.05, 0.1) is 0 Å². The van der Waals surface area contributed by atoms with E-state index in [2.05, 4.69) is 48.6 Å². The minimum absolute atomic E-state index is 0. The van der Waals surface area contributed by atoms with Crippen molar-refractivity contribution in [2.24, 2.45) is 0 Å². The number of hydrogen-bond acceptors (Lipinski definition) is 4. The molecule has 0 N–H and O–H groups in total. The van der Waals surface area contributed by atoms with Crippen LogP contribution in [0.2, 0.25) is 0 Å². The molecule has 5 heteroatoms. The number of carbonyl (C=O) groups excluding carboxylic acids is 2. The molecular weight excluding hydrogens is 248 g/mol. The van der Waals surface area contributed by atoms with E-state index in [0.29, 0.717) is 0 Å². The van der Waals surface area contributed by atoms with Crippen molar-refractivity contribution < 1.29 is 19.8 Å². The van der Waals surface area contributed by atoms with E-state index < -0.39 is 12.9 Å². The molecule has 0 heterocycles. The molecule has 2 aliphatic rings. The van der Waals surface area contributed by atoms with Crippen molar-refractivity contribution in [3.8, 4) is 0 Å². The molecule has 0 spiro atoms. The van der Waals surface area contributed by atoms with Crippen molar-refractivity contribution in [3.05, 3.63) is 48.6 Å². The standard InChI is InChI=1S/2C5H6.2CH2O2.Ca/c2*1-2-4-5-3-1;2*2-1-3;/h2*1-4H,5H2;2*1H,(H,2,3);/q;;;;+2/p-2. The zero-order valence-corrected chi connectivity index (χ0v) is 11.7. The van der Waals surface area contributed by atoms with Gasteiger partial charge < -0.3 is 19.8 Å². The van der Waals surface area contributed by atoms with Crippen molar-refractivity contribution in [1.29, 1.82) is 0 Å². The van der Waals surface area contributed by atoms with Crippen LogP contribution in [0.15, 0.2) is 48.6 Å². The number of allylic oxidation sites excluding steroid dienone is 8. The smallest absolute Gasteiger partial charge is 0.554 e. The SMILES string of the molecule is C1=CCC=C1.C1=CCC=C1.O=C[O-].O=C[O-].[Ca+2]. The molecule has 4 nitrogen and oxygen atoms in total. The monoisotopic (exact) mass is 262 g/mol. The Kier molecular flexibility index (Phi) is 30.8. The molecule has 0 aromatic heterocycles. The molecule has 0 amide bonds. The molecular formula is C12H14CaO4. The number of carbonyl (C=O) groups is 2. The van der Waals surface area contributed by atoms with Crippen molar-refractivity contribution in [2.45, 2.75) is 12.8 Å². The van der Waals surface area contributed by atoms with E-state index in [-0.39, 0.29) is 37.7 Å². The number of carboxylic acid groups (broad SMARTS) is 2. The second kappa shape index (κ2) is 24.4. The van der Waals surface area contributed by atoms with E-state index in [9.17, 15) is 0 Å². The zero-order chi connectivity index (χ0) is 12.5. The fourth-order valence-corrected chi connectivity index (χ4v) is 0.786. The Morgan fingerprint density at radius 2 is 0.882 bits per heavy atom. The van der Waals surface area contributed by atoms with Crippen LogP contribution < -0.4 is 10.2 Å². The molecule has 0 aromatic carbocycles. The predicted octanol–water partition coefficient (Wildman–Crippen LogP) is -0.644. The summed E-state index contributed by atoms with van der Waals surface area (Å²) in [6, 6.07) is 0. The number of rotatable bonds is 0. The average molecular weight is 262 g/mol. The van der Waals surface area contributed by atoms with Crippen LogP contribution in [0, 0.1) is 0 Å². The first-order valence-electron chi connectivity index (χ1n) is 4.58. The van der Waals surface area contributed by atoms with Crippen LogP contribution >= 0.6 is 0 Å². The topological polar surface area (TPSA) is 80.3 Å². The average Bonchev–Trinajstić information content (AvgIpc) is 3.00. The second-order valence-corrected chi connectivity index (χ2v) is 2.38. The Bertz CT molecular complexity index is 220. The van der Waals surface area contributed by atoms with Gasteiger partial charge in [-0.15, -0.1) is 0 Å². The Morgan fingerprint density at radius 3 is 0.941 bits per heavy atom. The summed E-state index contributed by atoms with van der Waals surface area (Å²) in [5, 5.41) is 16.5. The molecule has 0 atom stereocenters. The van der Waals surface area contributed by atoms with E-state index in [1.165, 1.54) is 0 Å². The van der Waals surface area contributed by atoms with E-state index in [1.54, 1.807) is 0 Å². The predicted molar refractivity (Wildman–Crippen MR) is 63.7 cm³/mol. The van der Waals surface area contributed by atoms with Gasteiger partial charge >= 0.3 is 37.7 Å². The van der Waals surface area contributed by atoms with Gasteiger partial charge in [-0.05, 0) is 12.8 Å². The van der Waals surface area contributed by atoms with Gasteiger partial charge in [0.25, 0.3) is 0 Å². The minimum Gasteiger partial charge on any atom is -0.554 e. The summed E-state index contributed by atoms with van der Waals surface area (Å²) >= 11 is 0. The van der Waals surface area contributed by atoms with Crippen molar-refractivity contribution in [1.82, 2.24) is 0 Å². The molecule has 88 valence electrons. The third-order valence-corrected chi connectivity index (χ3v) is 1.31. The first-order chi connectivity index (χ1) is 7.83. The van der Waals surface area contributed by atoms with Gasteiger partial charge in [-0.2, -0.15) is 0 Å². The molecule has 0 radical (unpaired) electrons. The normalized spacial score (nSPS) is 11.8.